The Hall–Kier alpha value is -2.15. The van der Waals surface area contributed by atoms with E-state index in [-0.39, 0.29) is 30.2 Å². The van der Waals surface area contributed by atoms with Crippen molar-refractivity contribution in [3.05, 3.63) is 34.4 Å². The molecule has 1 aliphatic carbocycles. The summed E-state index contributed by atoms with van der Waals surface area (Å²) in [5, 5.41) is 14.0. The number of likely N-dealkylation sites (N-methyl/N-ethyl adjacent to an activating group) is 1. The minimum atomic E-state index is -0.438. The quantitative estimate of drug-likeness (QED) is 0.632. The van der Waals surface area contributed by atoms with Crippen molar-refractivity contribution in [2.45, 2.75) is 37.8 Å². The Balaban J connectivity index is 1.93. The van der Waals surface area contributed by atoms with Crippen LogP contribution in [0.1, 0.15) is 25.7 Å². The van der Waals surface area contributed by atoms with Gasteiger partial charge in [-0.1, -0.05) is 12.1 Å². The van der Waals surface area contributed by atoms with Crippen LogP contribution in [0.2, 0.25) is 0 Å². The number of carbonyl (C=O) groups excluding carboxylic acids is 1. The zero-order valence-corrected chi connectivity index (χ0v) is 12.7. The number of rotatable bonds is 5. The first-order valence-electron chi connectivity index (χ1n) is 7.47. The number of hydrogen-bond acceptors (Lipinski definition) is 5. The molecule has 0 saturated heterocycles. The van der Waals surface area contributed by atoms with Gasteiger partial charge in [0.1, 0.15) is 5.69 Å². The smallest absolute Gasteiger partial charge is 0.292 e. The molecular formula is C15H22N4O3. The molecular weight excluding hydrogens is 284 g/mol. The van der Waals surface area contributed by atoms with Crippen LogP contribution in [0.25, 0.3) is 0 Å². The molecule has 120 valence electrons. The number of nitrogens with zero attached hydrogens (tertiary/aromatic N) is 2. The summed E-state index contributed by atoms with van der Waals surface area (Å²) in [6, 6.07) is 6.81. The first-order chi connectivity index (χ1) is 10.5. The molecule has 1 aliphatic rings. The summed E-state index contributed by atoms with van der Waals surface area (Å²) in [7, 11) is 1.68. The van der Waals surface area contributed by atoms with Gasteiger partial charge in [-0.25, -0.2) is 0 Å². The lowest BCUT2D eigenvalue weighted by atomic mass is 9.92. The number of amides is 1. The molecule has 0 aromatic heterocycles. The van der Waals surface area contributed by atoms with Gasteiger partial charge >= 0.3 is 0 Å². The topological polar surface area (TPSA) is 102 Å². The molecule has 0 unspecified atom stereocenters. The second-order valence-corrected chi connectivity index (χ2v) is 5.78. The molecule has 1 aromatic rings. The zero-order chi connectivity index (χ0) is 16.1. The molecule has 7 heteroatoms. The SMILES string of the molecule is CN(CC(=O)NC1CCC(N)CC1)c1ccccc1[N+](=O)[O-]. The highest BCUT2D eigenvalue weighted by atomic mass is 16.6. The summed E-state index contributed by atoms with van der Waals surface area (Å²) in [6.07, 6.45) is 3.63. The van der Waals surface area contributed by atoms with Crippen LogP contribution in [0.5, 0.6) is 0 Å². The lowest BCUT2D eigenvalue weighted by Crippen LogP contribution is -2.44. The summed E-state index contributed by atoms with van der Waals surface area (Å²) in [5.74, 6) is -0.124. The maximum absolute atomic E-state index is 12.1. The van der Waals surface area contributed by atoms with E-state index in [0.717, 1.165) is 25.7 Å². The third-order valence-electron chi connectivity index (χ3n) is 4.01. The van der Waals surface area contributed by atoms with Gasteiger partial charge in [-0.2, -0.15) is 0 Å². The lowest BCUT2D eigenvalue weighted by molar-refractivity contribution is -0.384. The molecule has 0 radical (unpaired) electrons. The molecule has 0 heterocycles. The normalized spacial score (nSPS) is 21.2. The first-order valence-corrected chi connectivity index (χ1v) is 7.47. The highest BCUT2D eigenvalue weighted by Crippen LogP contribution is 2.26. The van der Waals surface area contributed by atoms with E-state index in [1.807, 2.05) is 0 Å². The standard InChI is InChI=1S/C15H22N4O3/c1-18(13-4-2-3-5-14(13)19(21)22)10-15(20)17-12-8-6-11(16)7-9-12/h2-5,11-12H,6-10,16H2,1H3,(H,17,20). The largest absolute Gasteiger partial charge is 0.360 e. The number of nitro groups is 1. The van der Waals surface area contributed by atoms with E-state index in [4.69, 9.17) is 5.73 Å². The van der Waals surface area contributed by atoms with Gasteiger partial charge in [-0.3, -0.25) is 14.9 Å². The van der Waals surface area contributed by atoms with Crippen molar-refractivity contribution in [2.75, 3.05) is 18.5 Å². The van der Waals surface area contributed by atoms with Gasteiger partial charge in [0, 0.05) is 25.2 Å². The van der Waals surface area contributed by atoms with E-state index in [1.54, 1.807) is 30.1 Å². The van der Waals surface area contributed by atoms with E-state index in [2.05, 4.69) is 5.32 Å². The number of carbonyl (C=O) groups is 1. The molecule has 1 aromatic carbocycles. The monoisotopic (exact) mass is 306 g/mol. The Morgan fingerprint density at radius 2 is 2.00 bits per heavy atom. The predicted octanol–water partition coefficient (Wildman–Crippen LogP) is 1.42. The van der Waals surface area contributed by atoms with Gasteiger partial charge in [0.25, 0.3) is 5.69 Å². The van der Waals surface area contributed by atoms with Gasteiger partial charge in [0.05, 0.1) is 11.5 Å². The Kier molecular flexibility index (Phi) is 5.32. The van der Waals surface area contributed by atoms with Crippen LogP contribution >= 0.6 is 0 Å². The summed E-state index contributed by atoms with van der Waals surface area (Å²) >= 11 is 0. The van der Waals surface area contributed by atoms with E-state index in [9.17, 15) is 14.9 Å². The van der Waals surface area contributed by atoms with E-state index in [0.29, 0.717) is 5.69 Å². The van der Waals surface area contributed by atoms with Gasteiger partial charge in [-0.15, -0.1) is 0 Å². The molecule has 0 aliphatic heterocycles. The second kappa shape index (κ2) is 7.22. The third-order valence-corrected chi connectivity index (χ3v) is 4.01. The fourth-order valence-electron chi connectivity index (χ4n) is 2.78. The summed E-state index contributed by atoms with van der Waals surface area (Å²) in [4.78, 5) is 24.3. The van der Waals surface area contributed by atoms with E-state index >= 15 is 0 Å². The fourth-order valence-corrected chi connectivity index (χ4v) is 2.78. The molecule has 0 bridgehead atoms. The van der Waals surface area contributed by atoms with Gasteiger partial charge in [0.15, 0.2) is 0 Å². The Morgan fingerprint density at radius 3 is 2.64 bits per heavy atom. The summed E-state index contributed by atoms with van der Waals surface area (Å²) < 4.78 is 0. The van der Waals surface area contributed by atoms with Crippen molar-refractivity contribution in [3.63, 3.8) is 0 Å². The molecule has 1 fully saturated rings. The van der Waals surface area contributed by atoms with Crippen molar-refractivity contribution in [1.29, 1.82) is 0 Å². The molecule has 0 spiro atoms. The lowest BCUT2D eigenvalue weighted by Gasteiger charge is -2.27. The summed E-state index contributed by atoms with van der Waals surface area (Å²) in [6.45, 7) is 0.0907. The van der Waals surface area contributed by atoms with Crippen LogP contribution in [-0.4, -0.2) is 36.5 Å². The minimum Gasteiger partial charge on any atom is -0.360 e. The predicted molar refractivity (Wildman–Crippen MR) is 84.7 cm³/mol. The van der Waals surface area contributed by atoms with Crippen LogP contribution < -0.4 is 16.0 Å². The van der Waals surface area contributed by atoms with Crippen molar-refractivity contribution in [1.82, 2.24) is 5.32 Å². The minimum absolute atomic E-state index is 0.00133. The van der Waals surface area contributed by atoms with Crippen LogP contribution in [-0.2, 0) is 4.79 Å². The van der Waals surface area contributed by atoms with Gasteiger partial charge < -0.3 is 16.0 Å². The van der Waals surface area contributed by atoms with Crippen molar-refractivity contribution in [3.8, 4) is 0 Å². The highest BCUT2D eigenvalue weighted by Gasteiger charge is 2.22. The van der Waals surface area contributed by atoms with Crippen LogP contribution in [0.4, 0.5) is 11.4 Å². The number of nitro benzene ring substituents is 1. The third kappa shape index (κ3) is 4.17. The van der Waals surface area contributed by atoms with Crippen LogP contribution in [0.15, 0.2) is 24.3 Å². The number of anilines is 1. The molecule has 1 amide bonds. The van der Waals surface area contributed by atoms with Gasteiger partial charge in [0.2, 0.25) is 5.91 Å². The van der Waals surface area contributed by atoms with Crippen molar-refractivity contribution in [2.24, 2.45) is 5.73 Å². The Labute approximate surface area is 129 Å². The zero-order valence-electron chi connectivity index (χ0n) is 12.7. The summed E-state index contributed by atoms with van der Waals surface area (Å²) in [5.41, 5.74) is 6.28. The average Bonchev–Trinajstić information content (AvgIpc) is 2.49. The van der Waals surface area contributed by atoms with E-state index < -0.39 is 4.92 Å². The first kappa shape index (κ1) is 16.2. The number of nitrogens with one attached hydrogen (secondary N) is 1. The number of hydrogen-bond donors (Lipinski definition) is 2. The van der Waals surface area contributed by atoms with Gasteiger partial charge in [-0.05, 0) is 31.7 Å². The molecule has 1 saturated carbocycles. The second-order valence-electron chi connectivity index (χ2n) is 5.78. The maximum Gasteiger partial charge on any atom is 0.292 e. The van der Waals surface area contributed by atoms with Crippen molar-refractivity contribution >= 4 is 17.3 Å². The Bertz CT molecular complexity index is 541. The highest BCUT2D eigenvalue weighted by molar-refractivity contribution is 5.82. The number of para-hydroxylation sites is 2. The molecule has 22 heavy (non-hydrogen) atoms. The molecule has 0 atom stereocenters. The molecule has 3 N–H and O–H groups in total. The molecule has 2 rings (SSSR count). The molecule has 7 nitrogen and oxygen atoms in total. The average molecular weight is 306 g/mol. The maximum atomic E-state index is 12.1. The van der Waals surface area contributed by atoms with E-state index in [1.165, 1.54) is 6.07 Å². The number of benzene rings is 1. The fraction of sp³-hybridized carbons (Fsp3) is 0.533. The van der Waals surface area contributed by atoms with Crippen LogP contribution in [0, 0.1) is 10.1 Å². The van der Waals surface area contributed by atoms with Crippen molar-refractivity contribution < 1.29 is 9.72 Å². The van der Waals surface area contributed by atoms with Crippen LogP contribution in [0.3, 0.4) is 0 Å². The Morgan fingerprint density at radius 1 is 1.36 bits per heavy atom. The number of nitrogens with two attached hydrogens (primary N) is 1.